The maximum atomic E-state index is 11.8. The van der Waals surface area contributed by atoms with E-state index in [0.717, 1.165) is 16.8 Å². The van der Waals surface area contributed by atoms with Crippen LogP contribution in [0.25, 0.3) is 11.3 Å². The molecule has 0 bridgehead atoms. The third kappa shape index (κ3) is 3.71. The van der Waals surface area contributed by atoms with Gasteiger partial charge in [-0.1, -0.05) is 24.3 Å². The molecule has 116 valence electrons. The number of ether oxygens (including phenoxy) is 1. The minimum atomic E-state index is -0.0417. The molecule has 4 nitrogen and oxygen atoms in total. The van der Waals surface area contributed by atoms with E-state index in [1.54, 1.807) is 31.3 Å². The van der Waals surface area contributed by atoms with Crippen molar-refractivity contribution in [3.63, 3.8) is 0 Å². The summed E-state index contributed by atoms with van der Waals surface area (Å²) in [6.07, 6.45) is 1.71. The maximum absolute atomic E-state index is 11.8. The second-order valence-corrected chi connectivity index (χ2v) is 5.35. The molecular formula is C18H22N2O2. The van der Waals surface area contributed by atoms with Crippen molar-refractivity contribution in [1.29, 1.82) is 0 Å². The molecular weight excluding hydrogens is 276 g/mol. The molecule has 1 unspecified atom stereocenters. The largest absolute Gasteiger partial charge is 0.374 e. The van der Waals surface area contributed by atoms with E-state index in [4.69, 9.17) is 4.74 Å². The highest BCUT2D eigenvalue weighted by Crippen LogP contribution is 2.22. The summed E-state index contributed by atoms with van der Waals surface area (Å²) in [7, 11) is 3.46. The fourth-order valence-corrected chi connectivity index (χ4v) is 2.22. The molecule has 0 spiro atoms. The number of pyridine rings is 1. The van der Waals surface area contributed by atoms with Gasteiger partial charge in [0.2, 0.25) is 0 Å². The Balaban J connectivity index is 2.17. The molecule has 0 aliphatic rings. The molecule has 0 saturated carbocycles. The smallest absolute Gasteiger partial charge is 0.254 e. The summed E-state index contributed by atoms with van der Waals surface area (Å²) in [4.78, 5) is 17.8. The van der Waals surface area contributed by atoms with E-state index in [0.29, 0.717) is 12.2 Å². The van der Waals surface area contributed by atoms with Gasteiger partial charge in [-0.2, -0.15) is 0 Å². The van der Waals surface area contributed by atoms with Gasteiger partial charge in [-0.05, 0) is 31.5 Å². The first-order chi connectivity index (χ1) is 10.5. The van der Waals surface area contributed by atoms with Crippen molar-refractivity contribution in [2.45, 2.75) is 20.0 Å². The maximum Gasteiger partial charge on any atom is 0.254 e. The number of carbonyl (C=O) groups is 1. The van der Waals surface area contributed by atoms with Crippen LogP contribution in [0.5, 0.6) is 0 Å². The number of rotatable bonds is 5. The fraction of sp³-hybridized carbons (Fsp3) is 0.333. The van der Waals surface area contributed by atoms with E-state index in [-0.39, 0.29) is 12.0 Å². The molecule has 0 radical (unpaired) electrons. The van der Waals surface area contributed by atoms with Crippen molar-refractivity contribution < 1.29 is 9.53 Å². The van der Waals surface area contributed by atoms with E-state index >= 15 is 0 Å². The highest BCUT2D eigenvalue weighted by molar-refractivity contribution is 5.93. The Morgan fingerprint density at radius 1 is 1.18 bits per heavy atom. The van der Waals surface area contributed by atoms with Crippen LogP contribution >= 0.6 is 0 Å². The van der Waals surface area contributed by atoms with Crippen molar-refractivity contribution in [1.82, 2.24) is 9.88 Å². The average Bonchev–Trinajstić information content (AvgIpc) is 2.54. The Labute approximate surface area is 131 Å². The number of amides is 1. The molecule has 1 amide bonds. The van der Waals surface area contributed by atoms with E-state index in [1.165, 1.54) is 0 Å². The van der Waals surface area contributed by atoms with Gasteiger partial charge >= 0.3 is 0 Å². The number of aromatic nitrogens is 1. The molecule has 0 aliphatic heterocycles. The molecule has 2 aromatic rings. The molecule has 4 heteroatoms. The van der Waals surface area contributed by atoms with Gasteiger partial charge in [0.05, 0.1) is 17.4 Å². The summed E-state index contributed by atoms with van der Waals surface area (Å²) >= 11 is 0. The molecule has 1 aromatic heterocycles. The molecule has 0 N–H and O–H groups in total. The lowest BCUT2D eigenvalue weighted by Crippen LogP contribution is -2.21. The van der Waals surface area contributed by atoms with Crippen molar-refractivity contribution in [2.24, 2.45) is 0 Å². The summed E-state index contributed by atoms with van der Waals surface area (Å²) in [6, 6.07) is 11.8. The lowest BCUT2D eigenvalue weighted by molar-refractivity contribution is 0.0764. The minimum absolute atomic E-state index is 0.0417. The molecule has 22 heavy (non-hydrogen) atoms. The van der Waals surface area contributed by atoms with Crippen molar-refractivity contribution >= 4 is 5.91 Å². The SMILES string of the molecule is CCOC(C)c1ccc(-c2ccc(C(=O)N(C)C)cn2)cc1. The van der Waals surface area contributed by atoms with Crippen LogP contribution in [0, 0.1) is 0 Å². The predicted molar refractivity (Wildman–Crippen MR) is 87.7 cm³/mol. The van der Waals surface area contributed by atoms with Gasteiger partial charge in [-0.15, -0.1) is 0 Å². The number of benzene rings is 1. The third-order valence-corrected chi connectivity index (χ3v) is 3.51. The van der Waals surface area contributed by atoms with Gasteiger partial charge in [0.1, 0.15) is 0 Å². The Kier molecular flexibility index (Phi) is 5.28. The zero-order chi connectivity index (χ0) is 16.1. The third-order valence-electron chi connectivity index (χ3n) is 3.51. The first kappa shape index (κ1) is 16.2. The highest BCUT2D eigenvalue weighted by atomic mass is 16.5. The van der Waals surface area contributed by atoms with E-state index in [9.17, 15) is 4.79 Å². The quantitative estimate of drug-likeness (QED) is 0.848. The van der Waals surface area contributed by atoms with Crippen LogP contribution in [0.1, 0.15) is 35.9 Å². The first-order valence-corrected chi connectivity index (χ1v) is 7.42. The summed E-state index contributed by atoms with van der Waals surface area (Å²) in [5.41, 5.74) is 3.61. The van der Waals surface area contributed by atoms with Crippen molar-refractivity contribution in [3.05, 3.63) is 53.7 Å². The fourth-order valence-electron chi connectivity index (χ4n) is 2.22. The number of carbonyl (C=O) groups excluding carboxylic acids is 1. The molecule has 1 heterocycles. The van der Waals surface area contributed by atoms with Crippen LogP contribution < -0.4 is 0 Å². The number of hydrogen-bond donors (Lipinski definition) is 0. The predicted octanol–water partition coefficient (Wildman–Crippen LogP) is 3.55. The Bertz CT molecular complexity index is 619. The van der Waals surface area contributed by atoms with Gasteiger partial charge in [0.15, 0.2) is 0 Å². The number of hydrogen-bond acceptors (Lipinski definition) is 3. The van der Waals surface area contributed by atoms with Gasteiger partial charge in [-0.25, -0.2) is 0 Å². The molecule has 0 aliphatic carbocycles. The van der Waals surface area contributed by atoms with Gasteiger partial charge in [-0.3, -0.25) is 9.78 Å². The van der Waals surface area contributed by atoms with E-state index in [2.05, 4.69) is 17.1 Å². The van der Waals surface area contributed by atoms with Crippen LogP contribution in [0.4, 0.5) is 0 Å². The first-order valence-electron chi connectivity index (χ1n) is 7.42. The summed E-state index contributed by atoms with van der Waals surface area (Å²) in [5, 5.41) is 0. The summed E-state index contributed by atoms with van der Waals surface area (Å²) in [6.45, 7) is 4.73. The highest BCUT2D eigenvalue weighted by Gasteiger charge is 2.09. The summed E-state index contributed by atoms with van der Waals surface area (Å²) < 4.78 is 5.58. The molecule has 1 atom stereocenters. The Morgan fingerprint density at radius 2 is 1.86 bits per heavy atom. The zero-order valence-electron chi connectivity index (χ0n) is 13.5. The van der Waals surface area contributed by atoms with Crippen LogP contribution in [0.15, 0.2) is 42.6 Å². The van der Waals surface area contributed by atoms with Crippen molar-refractivity contribution in [2.75, 3.05) is 20.7 Å². The van der Waals surface area contributed by atoms with Gasteiger partial charge in [0, 0.05) is 32.5 Å². The normalized spacial score (nSPS) is 12.0. The Morgan fingerprint density at radius 3 is 2.36 bits per heavy atom. The van der Waals surface area contributed by atoms with Crippen LogP contribution in [-0.4, -0.2) is 36.5 Å². The van der Waals surface area contributed by atoms with Gasteiger partial charge < -0.3 is 9.64 Å². The zero-order valence-corrected chi connectivity index (χ0v) is 13.5. The minimum Gasteiger partial charge on any atom is -0.374 e. The lowest BCUT2D eigenvalue weighted by Gasteiger charge is -2.12. The lowest BCUT2D eigenvalue weighted by atomic mass is 10.1. The number of nitrogens with zero attached hydrogens (tertiary/aromatic N) is 2. The standard InChI is InChI=1S/C18H22N2O2/c1-5-22-13(2)14-6-8-15(9-7-14)17-11-10-16(12-19-17)18(21)20(3)4/h6-13H,5H2,1-4H3. The second kappa shape index (κ2) is 7.18. The molecule has 1 aromatic carbocycles. The molecule has 2 rings (SSSR count). The van der Waals surface area contributed by atoms with Crippen LogP contribution in [0.2, 0.25) is 0 Å². The van der Waals surface area contributed by atoms with Crippen molar-refractivity contribution in [3.8, 4) is 11.3 Å². The van der Waals surface area contributed by atoms with E-state index < -0.39 is 0 Å². The molecule has 0 fully saturated rings. The van der Waals surface area contributed by atoms with Crippen LogP contribution in [0.3, 0.4) is 0 Å². The van der Waals surface area contributed by atoms with E-state index in [1.807, 2.05) is 32.0 Å². The monoisotopic (exact) mass is 298 g/mol. The topological polar surface area (TPSA) is 42.4 Å². The van der Waals surface area contributed by atoms with Crippen LogP contribution in [-0.2, 0) is 4.74 Å². The summed E-state index contributed by atoms with van der Waals surface area (Å²) in [5.74, 6) is -0.0417. The molecule has 0 saturated heterocycles. The Hall–Kier alpha value is -2.20. The second-order valence-electron chi connectivity index (χ2n) is 5.35. The van der Waals surface area contributed by atoms with Gasteiger partial charge in [0.25, 0.3) is 5.91 Å². The average molecular weight is 298 g/mol.